The van der Waals surface area contributed by atoms with Gasteiger partial charge in [0.2, 0.25) is 5.43 Å². The topological polar surface area (TPSA) is 82.2 Å². The van der Waals surface area contributed by atoms with Gasteiger partial charge in [0.05, 0.1) is 5.52 Å². The molecule has 0 saturated carbocycles. The first kappa shape index (κ1) is 18.2. The van der Waals surface area contributed by atoms with E-state index in [0.29, 0.717) is 35.3 Å². The molecular formula is C20H19ClN2O3. The van der Waals surface area contributed by atoms with E-state index in [-0.39, 0.29) is 17.6 Å². The monoisotopic (exact) mass is 370 g/mol. The lowest BCUT2D eigenvalue weighted by Crippen LogP contribution is -2.28. The number of hydrogen-bond acceptors (Lipinski definition) is 3. The molecule has 134 valence electrons. The van der Waals surface area contributed by atoms with Crippen molar-refractivity contribution in [2.24, 2.45) is 0 Å². The van der Waals surface area contributed by atoms with Crippen LogP contribution in [-0.4, -0.2) is 22.6 Å². The molecule has 3 N–H and O–H groups in total. The second-order valence-electron chi connectivity index (χ2n) is 6.01. The van der Waals surface area contributed by atoms with Crippen molar-refractivity contribution >= 4 is 28.4 Å². The predicted molar refractivity (Wildman–Crippen MR) is 103 cm³/mol. The fourth-order valence-electron chi connectivity index (χ4n) is 2.84. The summed E-state index contributed by atoms with van der Waals surface area (Å²) in [7, 11) is 0. The molecule has 3 rings (SSSR count). The smallest absolute Gasteiger partial charge is 0.257 e. The number of aromatic nitrogens is 1. The van der Waals surface area contributed by atoms with E-state index in [0.717, 1.165) is 11.1 Å². The SMILES string of the molecule is O=C(NCc1ccc(Cl)cc1)c1c[nH]c2c(CCCO)cccc2c1=O. The summed E-state index contributed by atoms with van der Waals surface area (Å²) in [6.45, 7) is 0.399. The number of aromatic amines is 1. The number of rotatable bonds is 6. The fraction of sp³-hybridized carbons (Fsp3) is 0.200. The van der Waals surface area contributed by atoms with Gasteiger partial charge in [0, 0.05) is 29.8 Å². The molecule has 5 nitrogen and oxygen atoms in total. The average molecular weight is 371 g/mol. The third kappa shape index (κ3) is 3.95. The maximum Gasteiger partial charge on any atom is 0.257 e. The van der Waals surface area contributed by atoms with Crippen molar-refractivity contribution in [3.8, 4) is 0 Å². The fourth-order valence-corrected chi connectivity index (χ4v) is 2.97. The number of halogens is 1. The second-order valence-corrected chi connectivity index (χ2v) is 6.44. The summed E-state index contributed by atoms with van der Waals surface area (Å²) >= 11 is 5.84. The Morgan fingerprint density at radius 1 is 1.15 bits per heavy atom. The molecule has 0 spiro atoms. The van der Waals surface area contributed by atoms with E-state index in [1.165, 1.54) is 6.20 Å². The molecule has 26 heavy (non-hydrogen) atoms. The molecule has 1 heterocycles. The number of fused-ring (bicyclic) bond motifs is 1. The summed E-state index contributed by atoms with van der Waals surface area (Å²) in [4.78, 5) is 28.2. The summed E-state index contributed by atoms with van der Waals surface area (Å²) < 4.78 is 0. The first-order chi connectivity index (χ1) is 12.6. The van der Waals surface area contributed by atoms with E-state index in [9.17, 15) is 9.59 Å². The summed E-state index contributed by atoms with van der Waals surface area (Å²) in [5.41, 5.74) is 2.32. The zero-order valence-electron chi connectivity index (χ0n) is 14.1. The number of nitrogens with one attached hydrogen (secondary N) is 2. The Morgan fingerprint density at radius 2 is 1.92 bits per heavy atom. The van der Waals surface area contributed by atoms with Gasteiger partial charge in [-0.1, -0.05) is 35.9 Å². The predicted octanol–water partition coefficient (Wildman–Crippen LogP) is 3.04. The molecule has 0 aliphatic carbocycles. The van der Waals surface area contributed by atoms with Gasteiger partial charge in [0.1, 0.15) is 5.56 Å². The van der Waals surface area contributed by atoms with Gasteiger partial charge in [0.25, 0.3) is 5.91 Å². The molecule has 0 fully saturated rings. The molecule has 0 radical (unpaired) electrons. The number of amides is 1. The van der Waals surface area contributed by atoms with Gasteiger partial charge in [-0.15, -0.1) is 0 Å². The van der Waals surface area contributed by atoms with Crippen LogP contribution in [0.5, 0.6) is 0 Å². The van der Waals surface area contributed by atoms with Crippen LogP contribution in [0.3, 0.4) is 0 Å². The van der Waals surface area contributed by atoms with Crippen molar-refractivity contribution in [1.82, 2.24) is 10.3 Å². The van der Waals surface area contributed by atoms with Gasteiger partial charge in [-0.2, -0.15) is 0 Å². The minimum atomic E-state index is -0.427. The van der Waals surface area contributed by atoms with Crippen LogP contribution in [0.1, 0.15) is 27.9 Å². The summed E-state index contributed by atoms with van der Waals surface area (Å²) in [5, 5.41) is 12.9. The quantitative estimate of drug-likeness (QED) is 0.623. The standard InChI is InChI=1S/C20H19ClN2O3/c21-15-8-6-13(7-9-15)11-23-20(26)17-12-22-18-14(4-2-10-24)3-1-5-16(18)19(17)25/h1,3,5-9,12,24H,2,4,10-11H2,(H,22,25)(H,23,26). The van der Waals surface area contributed by atoms with Crippen LogP contribution in [0, 0.1) is 0 Å². The van der Waals surface area contributed by atoms with Crippen molar-refractivity contribution in [2.45, 2.75) is 19.4 Å². The second kappa shape index (κ2) is 8.17. The Morgan fingerprint density at radius 3 is 2.65 bits per heavy atom. The minimum absolute atomic E-state index is 0.0748. The number of para-hydroxylation sites is 1. The molecular weight excluding hydrogens is 352 g/mol. The zero-order valence-corrected chi connectivity index (χ0v) is 14.8. The van der Waals surface area contributed by atoms with Gasteiger partial charge in [-0.25, -0.2) is 0 Å². The highest BCUT2D eigenvalue weighted by atomic mass is 35.5. The summed E-state index contributed by atoms with van der Waals surface area (Å²) in [6, 6.07) is 12.5. The van der Waals surface area contributed by atoms with Crippen LogP contribution in [0.4, 0.5) is 0 Å². The Kier molecular flexibility index (Phi) is 5.71. The highest BCUT2D eigenvalue weighted by molar-refractivity contribution is 6.30. The Labute approximate surface area is 155 Å². The van der Waals surface area contributed by atoms with Crippen LogP contribution in [0.25, 0.3) is 10.9 Å². The molecule has 2 aromatic carbocycles. The van der Waals surface area contributed by atoms with Crippen molar-refractivity contribution in [3.63, 3.8) is 0 Å². The number of carbonyl (C=O) groups is 1. The minimum Gasteiger partial charge on any atom is -0.396 e. The van der Waals surface area contributed by atoms with E-state index in [1.54, 1.807) is 24.3 Å². The van der Waals surface area contributed by atoms with Crippen LogP contribution in [0.15, 0.2) is 53.5 Å². The van der Waals surface area contributed by atoms with E-state index in [1.807, 2.05) is 18.2 Å². The summed E-state index contributed by atoms with van der Waals surface area (Å²) in [5.74, 6) is -0.427. The van der Waals surface area contributed by atoms with Crippen LogP contribution in [0.2, 0.25) is 5.02 Å². The number of H-pyrrole nitrogens is 1. The van der Waals surface area contributed by atoms with Gasteiger partial charge in [-0.3, -0.25) is 9.59 Å². The molecule has 6 heteroatoms. The van der Waals surface area contributed by atoms with E-state index in [2.05, 4.69) is 10.3 Å². The first-order valence-corrected chi connectivity index (χ1v) is 8.74. The summed E-state index contributed by atoms with van der Waals surface area (Å²) in [6.07, 6.45) is 2.72. The number of carbonyl (C=O) groups excluding carboxylic acids is 1. The highest BCUT2D eigenvalue weighted by Gasteiger charge is 2.14. The third-order valence-corrected chi connectivity index (χ3v) is 4.47. The van der Waals surface area contributed by atoms with Crippen molar-refractivity contribution < 1.29 is 9.90 Å². The number of benzene rings is 2. The number of aryl methyl sites for hydroxylation is 1. The molecule has 0 saturated heterocycles. The Balaban J connectivity index is 1.83. The molecule has 0 aliphatic heterocycles. The largest absolute Gasteiger partial charge is 0.396 e. The van der Waals surface area contributed by atoms with Gasteiger partial charge < -0.3 is 15.4 Å². The lowest BCUT2D eigenvalue weighted by Gasteiger charge is -2.09. The molecule has 0 atom stereocenters. The third-order valence-electron chi connectivity index (χ3n) is 4.22. The average Bonchev–Trinajstić information content (AvgIpc) is 2.66. The van der Waals surface area contributed by atoms with Crippen molar-refractivity contribution in [2.75, 3.05) is 6.61 Å². The normalized spacial score (nSPS) is 10.8. The van der Waals surface area contributed by atoms with Gasteiger partial charge >= 0.3 is 0 Å². The lowest BCUT2D eigenvalue weighted by molar-refractivity contribution is 0.0949. The number of aliphatic hydroxyl groups excluding tert-OH is 1. The molecule has 0 aliphatic rings. The Hall–Kier alpha value is -2.63. The van der Waals surface area contributed by atoms with E-state index in [4.69, 9.17) is 16.7 Å². The van der Waals surface area contributed by atoms with E-state index < -0.39 is 5.91 Å². The maximum absolute atomic E-state index is 12.7. The Bertz CT molecular complexity index is 981. The molecule has 0 unspecified atom stereocenters. The first-order valence-electron chi connectivity index (χ1n) is 8.37. The van der Waals surface area contributed by atoms with Crippen LogP contribution in [-0.2, 0) is 13.0 Å². The van der Waals surface area contributed by atoms with Gasteiger partial charge in [-0.05, 0) is 42.2 Å². The van der Waals surface area contributed by atoms with Crippen LogP contribution >= 0.6 is 11.6 Å². The van der Waals surface area contributed by atoms with Crippen molar-refractivity contribution in [1.29, 1.82) is 0 Å². The molecule has 1 amide bonds. The molecule has 1 aromatic heterocycles. The zero-order chi connectivity index (χ0) is 18.5. The van der Waals surface area contributed by atoms with Gasteiger partial charge in [0.15, 0.2) is 0 Å². The molecule has 0 bridgehead atoms. The lowest BCUT2D eigenvalue weighted by atomic mass is 10.0. The van der Waals surface area contributed by atoms with Crippen molar-refractivity contribution in [3.05, 3.63) is 80.6 Å². The molecule has 3 aromatic rings. The van der Waals surface area contributed by atoms with E-state index >= 15 is 0 Å². The van der Waals surface area contributed by atoms with Crippen LogP contribution < -0.4 is 10.7 Å². The number of aliphatic hydroxyl groups is 1. The number of pyridine rings is 1. The number of hydrogen-bond donors (Lipinski definition) is 3. The maximum atomic E-state index is 12.7. The highest BCUT2D eigenvalue weighted by Crippen LogP contribution is 2.16.